The molecule has 1 saturated carbocycles. The molecule has 0 unspecified atom stereocenters. The number of rotatable bonds is 3. The fraction of sp³-hybridized carbons (Fsp3) is 0.462. The summed E-state index contributed by atoms with van der Waals surface area (Å²) in [5.41, 5.74) is 0. The van der Waals surface area contributed by atoms with Crippen molar-refractivity contribution in [3.8, 4) is 10.8 Å². The monoisotopic (exact) mass is 282 g/mol. The highest BCUT2D eigenvalue weighted by molar-refractivity contribution is 7.12. The minimum Gasteiger partial charge on any atom is -0.485 e. The maximum atomic E-state index is 6.32. The van der Waals surface area contributed by atoms with Crippen molar-refractivity contribution in [2.75, 3.05) is 0 Å². The van der Waals surface area contributed by atoms with Crippen LogP contribution in [0.25, 0.3) is 5.00 Å². The summed E-state index contributed by atoms with van der Waals surface area (Å²) in [6, 6.07) is 3.98. The summed E-state index contributed by atoms with van der Waals surface area (Å²) in [6.07, 6.45) is 8.10. The molecule has 1 aliphatic rings. The van der Waals surface area contributed by atoms with Crippen LogP contribution >= 0.6 is 22.9 Å². The van der Waals surface area contributed by atoms with Gasteiger partial charge in [0.15, 0.2) is 10.9 Å². The van der Waals surface area contributed by atoms with Crippen LogP contribution in [-0.2, 0) is 0 Å². The first-order valence-electron chi connectivity index (χ1n) is 6.28. The molecule has 0 bridgehead atoms. The van der Waals surface area contributed by atoms with Crippen molar-refractivity contribution in [1.82, 2.24) is 9.78 Å². The standard InChI is InChI=1S/C13H15ClN2OS/c14-13-11(17-10-5-2-1-3-6-10)9-15-16(13)12-7-4-8-18-12/h4,7-10H,1-3,5-6H2. The van der Waals surface area contributed by atoms with Gasteiger partial charge in [0, 0.05) is 0 Å². The van der Waals surface area contributed by atoms with Crippen LogP contribution in [0, 0.1) is 0 Å². The van der Waals surface area contributed by atoms with E-state index < -0.39 is 0 Å². The van der Waals surface area contributed by atoms with Crippen LogP contribution in [0.2, 0.25) is 5.15 Å². The highest BCUT2D eigenvalue weighted by atomic mass is 35.5. The summed E-state index contributed by atoms with van der Waals surface area (Å²) < 4.78 is 7.68. The molecule has 0 aliphatic heterocycles. The Kier molecular flexibility index (Phi) is 3.57. The molecule has 0 spiro atoms. The van der Waals surface area contributed by atoms with E-state index in [1.165, 1.54) is 19.3 Å². The fourth-order valence-electron chi connectivity index (χ4n) is 2.30. The minimum absolute atomic E-state index is 0.303. The van der Waals surface area contributed by atoms with Crippen molar-refractivity contribution in [3.05, 3.63) is 28.9 Å². The molecular weight excluding hydrogens is 268 g/mol. The van der Waals surface area contributed by atoms with Gasteiger partial charge in [0.25, 0.3) is 0 Å². The second kappa shape index (κ2) is 5.33. The summed E-state index contributed by atoms with van der Waals surface area (Å²) in [5, 5.41) is 7.89. The van der Waals surface area contributed by atoms with Crippen LogP contribution < -0.4 is 4.74 Å². The molecule has 0 N–H and O–H groups in total. The van der Waals surface area contributed by atoms with E-state index in [0.29, 0.717) is 17.0 Å². The predicted molar refractivity (Wildman–Crippen MR) is 74.0 cm³/mol. The molecular formula is C13H15ClN2OS. The van der Waals surface area contributed by atoms with Crippen molar-refractivity contribution >= 4 is 22.9 Å². The van der Waals surface area contributed by atoms with Crippen LogP contribution in [-0.4, -0.2) is 15.9 Å². The average Bonchev–Trinajstić information content (AvgIpc) is 3.02. The Morgan fingerprint density at radius 3 is 2.89 bits per heavy atom. The zero-order valence-electron chi connectivity index (χ0n) is 10.0. The Labute approximate surface area is 115 Å². The van der Waals surface area contributed by atoms with Gasteiger partial charge in [0.05, 0.1) is 12.3 Å². The predicted octanol–water partition coefficient (Wildman–Crippen LogP) is 4.30. The number of aromatic nitrogens is 2. The molecule has 0 amide bonds. The molecule has 1 fully saturated rings. The van der Waals surface area contributed by atoms with E-state index in [1.54, 1.807) is 22.2 Å². The van der Waals surface area contributed by atoms with Gasteiger partial charge in [0.2, 0.25) is 0 Å². The van der Waals surface area contributed by atoms with E-state index in [-0.39, 0.29) is 0 Å². The van der Waals surface area contributed by atoms with Gasteiger partial charge in [-0.05, 0) is 43.2 Å². The van der Waals surface area contributed by atoms with Crippen LogP contribution in [0.5, 0.6) is 5.75 Å². The molecule has 0 aromatic carbocycles. The fourth-order valence-corrected chi connectivity index (χ4v) is 3.27. The number of nitrogens with zero attached hydrogens (tertiary/aromatic N) is 2. The van der Waals surface area contributed by atoms with Crippen LogP contribution in [0.4, 0.5) is 0 Å². The minimum atomic E-state index is 0.303. The van der Waals surface area contributed by atoms with E-state index >= 15 is 0 Å². The molecule has 0 saturated heterocycles. The van der Waals surface area contributed by atoms with Crippen molar-refractivity contribution < 1.29 is 4.74 Å². The van der Waals surface area contributed by atoms with Gasteiger partial charge in [-0.25, -0.2) is 4.68 Å². The van der Waals surface area contributed by atoms with Crippen molar-refractivity contribution in [3.63, 3.8) is 0 Å². The summed E-state index contributed by atoms with van der Waals surface area (Å²) in [6.45, 7) is 0. The SMILES string of the molecule is Clc1c(OC2CCCCC2)cnn1-c1cccs1. The maximum Gasteiger partial charge on any atom is 0.177 e. The molecule has 1 aliphatic carbocycles. The van der Waals surface area contributed by atoms with Crippen LogP contribution in [0.3, 0.4) is 0 Å². The number of ether oxygens (including phenoxy) is 1. The van der Waals surface area contributed by atoms with Gasteiger partial charge >= 0.3 is 0 Å². The number of hydrogen-bond acceptors (Lipinski definition) is 3. The van der Waals surface area contributed by atoms with E-state index in [9.17, 15) is 0 Å². The van der Waals surface area contributed by atoms with Crippen molar-refractivity contribution in [2.45, 2.75) is 38.2 Å². The van der Waals surface area contributed by atoms with E-state index in [1.807, 2.05) is 17.5 Å². The second-order valence-electron chi connectivity index (χ2n) is 4.54. The smallest absolute Gasteiger partial charge is 0.177 e. The molecule has 5 heteroatoms. The molecule has 3 nitrogen and oxygen atoms in total. The Balaban J connectivity index is 1.77. The quantitative estimate of drug-likeness (QED) is 0.839. The second-order valence-corrected chi connectivity index (χ2v) is 5.82. The molecule has 96 valence electrons. The Hall–Kier alpha value is -1.000. The third-order valence-electron chi connectivity index (χ3n) is 3.24. The lowest BCUT2D eigenvalue weighted by atomic mass is 9.98. The molecule has 3 rings (SSSR count). The highest BCUT2D eigenvalue weighted by Gasteiger charge is 2.19. The largest absolute Gasteiger partial charge is 0.485 e. The van der Waals surface area contributed by atoms with Gasteiger partial charge in [-0.2, -0.15) is 5.10 Å². The summed E-state index contributed by atoms with van der Waals surface area (Å²) in [4.78, 5) is 0. The molecule has 2 aromatic heterocycles. The average molecular weight is 283 g/mol. The Bertz CT molecular complexity index is 503. The number of halogens is 1. The van der Waals surface area contributed by atoms with Gasteiger partial charge in [-0.15, -0.1) is 11.3 Å². The molecule has 0 atom stereocenters. The summed E-state index contributed by atoms with van der Waals surface area (Å²) in [5.74, 6) is 0.706. The molecule has 2 heterocycles. The molecule has 2 aromatic rings. The Morgan fingerprint density at radius 2 is 2.17 bits per heavy atom. The van der Waals surface area contributed by atoms with E-state index in [4.69, 9.17) is 16.3 Å². The maximum absolute atomic E-state index is 6.32. The lowest BCUT2D eigenvalue weighted by Gasteiger charge is -2.22. The van der Waals surface area contributed by atoms with E-state index in [2.05, 4.69) is 5.10 Å². The van der Waals surface area contributed by atoms with Gasteiger partial charge < -0.3 is 4.74 Å². The lowest BCUT2D eigenvalue weighted by molar-refractivity contribution is 0.155. The summed E-state index contributed by atoms with van der Waals surface area (Å²) >= 11 is 7.93. The van der Waals surface area contributed by atoms with Crippen LogP contribution in [0.15, 0.2) is 23.7 Å². The zero-order valence-corrected chi connectivity index (χ0v) is 11.6. The number of hydrogen-bond donors (Lipinski definition) is 0. The first-order valence-corrected chi connectivity index (χ1v) is 7.54. The number of thiophene rings is 1. The third-order valence-corrected chi connectivity index (χ3v) is 4.43. The van der Waals surface area contributed by atoms with Gasteiger partial charge in [-0.1, -0.05) is 18.0 Å². The Morgan fingerprint density at radius 1 is 1.33 bits per heavy atom. The van der Waals surface area contributed by atoms with Crippen molar-refractivity contribution in [2.24, 2.45) is 0 Å². The highest BCUT2D eigenvalue weighted by Crippen LogP contribution is 2.31. The topological polar surface area (TPSA) is 27.1 Å². The van der Waals surface area contributed by atoms with Crippen LogP contribution in [0.1, 0.15) is 32.1 Å². The molecule has 18 heavy (non-hydrogen) atoms. The first kappa shape index (κ1) is 12.1. The normalized spacial score (nSPS) is 16.9. The van der Waals surface area contributed by atoms with E-state index in [0.717, 1.165) is 17.8 Å². The summed E-state index contributed by atoms with van der Waals surface area (Å²) in [7, 11) is 0. The van der Waals surface area contributed by atoms with Gasteiger partial charge in [-0.3, -0.25) is 0 Å². The molecule has 0 radical (unpaired) electrons. The first-order chi connectivity index (χ1) is 8.84. The lowest BCUT2D eigenvalue weighted by Crippen LogP contribution is -2.19. The third kappa shape index (κ3) is 2.40. The van der Waals surface area contributed by atoms with Crippen molar-refractivity contribution in [1.29, 1.82) is 0 Å². The van der Waals surface area contributed by atoms with Gasteiger partial charge in [0.1, 0.15) is 5.00 Å². The zero-order chi connectivity index (χ0) is 12.4.